The Labute approximate surface area is 95.1 Å². The first kappa shape index (κ1) is 15.5. The quantitative estimate of drug-likeness (QED) is 0.324. The topological polar surface area (TPSA) is 128 Å². The maximum Gasteiger partial charge on any atom is 0.325 e. The van der Waals surface area contributed by atoms with E-state index < -0.39 is 13.6 Å². The Kier molecular flexibility index (Phi) is 7.53. The van der Waals surface area contributed by atoms with Crippen LogP contribution in [0, 0.1) is 0 Å². The minimum atomic E-state index is -3.47. The summed E-state index contributed by atoms with van der Waals surface area (Å²) in [5.41, 5.74) is 10.8. The van der Waals surface area contributed by atoms with Gasteiger partial charge in [-0.1, -0.05) is 0 Å². The Hall–Kier alpha value is -0.460. The summed E-state index contributed by atoms with van der Waals surface area (Å²) in [6, 6.07) is -0.592. The molecule has 1 amide bonds. The summed E-state index contributed by atoms with van der Waals surface area (Å²) in [6.45, 7) is 1.72. The molecule has 2 atom stereocenters. The van der Waals surface area contributed by atoms with E-state index in [0.717, 1.165) is 6.66 Å². The molecule has 0 saturated carbocycles. The molecular formula is C8H20N3O4P. The maximum atomic E-state index is 11.3. The summed E-state index contributed by atoms with van der Waals surface area (Å²) in [5, 5.41) is 2.50. The highest BCUT2D eigenvalue weighted by Gasteiger charge is 2.13. The molecule has 16 heavy (non-hydrogen) atoms. The molecule has 0 aromatic heterocycles. The molecule has 0 fully saturated rings. The van der Waals surface area contributed by atoms with Crippen LogP contribution in [0.3, 0.4) is 0 Å². The highest BCUT2D eigenvalue weighted by atomic mass is 31.2. The van der Waals surface area contributed by atoms with Crippen LogP contribution in [-0.4, -0.2) is 43.2 Å². The van der Waals surface area contributed by atoms with Crippen LogP contribution in [0.15, 0.2) is 0 Å². The van der Waals surface area contributed by atoms with Gasteiger partial charge in [-0.05, 0) is 19.4 Å². The second-order valence-electron chi connectivity index (χ2n) is 3.46. The molecule has 0 spiro atoms. The molecule has 2 unspecified atom stereocenters. The Morgan fingerprint density at radius 2 is 2.25 bits per heavy atom. The van der Waals surface area contributed by atoms with E-state index in [4.69, 9.17) is 16.4 Å². The normalized spacial score (nSPS) is 16.5. The third-order valence-electron chi connectivity index (χ3n) is 1.79. The Bertz CT molecular complexity index is 256. The lowest BCUT2D eigenvalue weighted by Gasteiger charge is -2.12. The van der Waals surface area contributed by atoms with Crippen molar-refractivity contribution >= 4 is 13.5 Å². The van der Waals surface area contributed by atoms with E-state index in [0.29, 0.717) is 19.4 Å². The second-order valence-corrected chi connectivity index (χ2v) is 5.33. The predicted octanol–water partition coefficient (Wildman–Crippen LogP) is -0.999. The van der Waals surface area contributed by atoms with Crippen molar-refractivity contribution in [2.75, 3.05) is 26.4 Å². The van der Waals surface area contributed by atoms with Gasteiger partial charge in [0.1, 0.15) is 0 Å². The highest BCUT2D eigenvalue weighted by Crippen LogP contribution is 2.35. The molecule has 7 nitrogen and oxygen atoms in total. The number of carbonyl (C=O) groups is 1. The number of amides is 1. The number of nitrogens with two attached hydrogens (primary N) is 2. The number of hydrogen-bond acceptors (Lipinski definition) is 5. The van der Waals surface area contributed by atoms with E-state index in [-0.39, 0.29) is 19.1 Å². The largest absolute Gasteiger partial charge is 0.352 e. The van der Waals surface area contributed by atoms with Gasteiger partial charge >= 0.3 is 7.60 Å². The number of carbonyl (C=O) groups excluding carboxylic acids is 1. The monoisotopic (exact) mass is 253 g/mol. The van der Waals surface area contributed by atoms with Gasteiger partial charge < -0.3 is 26.2 Å². The molecule has 0 saturated heterocycles. The lowest BCUT2D eigenvalue weighted by atomic mass is 10.1. The van der Waals surface area contributed by atoms with Crippen molar-refractivity contribution in [3.05, 3.63) is 0 Å². The summed E-state index contributed by atoms with van der Waals surface area (Å²) in [4.78, 5) is 20.1. The molecule has 0 rings (SSSR count). The van der Waals surface area contributed by atoms with Gasteiger partial charge in [0.25, 0.3) is 0 Å². The Morgan fingerprint density at radius 1 is 1.62 bits per heavy atom. The van der Waals surface area contributed by atoms with Crippen LogP contribution >= 0.6 is 7.60 Å². The zero-order valence-electron chi connectivity index (χ0n) is 9.39. The summed E-state index contributed by atoms with van der Waals surface area (Å²) in [6.07, 6.45) is 1.21. The van der Waals surface area contributed by atoms with Crippen molar-refractivity contribution in [2.24, 2.45) is 11.5 Å². The first-order valence-electron chi connectivity index (χ1n) is 5.05. The van der Waals surface area contributed by atoms with Gasteiger partial charge in [0.15, 0.2) is 0 Å². The minimum Gasteiger partial charge on any atom is -0.352 e. The van der Waals surface area contributed by atoms with Gasteiger partial charge in [0.2, 0.25) is 5.91 Å². The van der Waals surface area contributed by atoms with Gasteiger partial charge in [0, 0.05) is 13.2 Å². The molecule has 0 aromatic carbocycles. The van der Waals surface area contributed by atoms with Gasteiger partial charge in [-0.25, -0.2) is 0 Å². The minimum absolute atomic E-state index is 0.0143. The van der Waals surface area contributed by atoms with E-state index in [2.05, 4.69) is 9.84 Å². The summed E-state index contributed by atoms with van der Waals surface area (Å²) < 4.78 is 15.3. The van der Waals surface area contributed by atoms with E-state index in [1.54, 1.807) is 0 Å². The number of nitrogens with one attached hydrogen (secondary N) is 1. The van der Waals surface area contributed by atoms with Crippen LogP contribution in [0.25, 0.3) is 0 Å². The maximum absolute atomic E-state index is 11.3. The van der Waals surface area contributed by atoms with E-state index in [9.17, 15) is 9.36 Å². The van der Waals surface area contributed by atoms with Crippen LogP contribution in [-0.2, 0) is 13.9 Å². The van der Waals surface area contributed by atoms with Gasteiger partial charge in [0.05, 0.1) is 12.6 Å². The fourth-order valence-electron chi connectivity index (χ4n) is 0.989. The van der Waals surface area contributed by atoms with Crippen molar-refractivity contribution in [3.63, 3.8) is 0 Å². The molecule has 96 valence electrons. The van der Waals surface area contributed by atoms with Crippen LogP contribution in [0.4, 0.5) is 0 Å². The average Bonchev–Trinajstić information content (AvgIpc) is 2.19. The smallest absolute Gasteiger partial charge is 0.325 e. The van der Waals surface area contributed by atoms with Crippen molar-refractivity contribution in [3.8, 4) is 0 Å². The molecule has 0 bridgehead atoms. The first-order valence-corrected chi connectivity index (χ1v) is 7.07. The van der Waals surface area contributed by atoms with Crippen molar-refractivity contribution in [2.45, 2.75) is 18.9 Å². The molecule has 0 heterocycles. The molecule has 0 aliphatic carbocycles. The molecular weight excluding hydrogens is 233 g/mol. The fraction of sp³-hybridized carbons (Fsp3) is 0.875. The Balaban J connectivity index is 3.61. The fourth-order valence-corrected chi connectivity index (χ4v) is 1.42. The highest BCUT2D eigenvalue weighted by molar-refractivity contribution is 7.51. The molecule has 0 radical (unpaired) electrons. The van der Waals surface area contributed by atoms with E-state index in [1.165, 1.54) is 0 Å². The van der Waals surface area contributed by atoms with Crippen molar-refractivity contribution in [1.82, 2.24) is 5.32 Å². The van der Waals surface area contributed by atoms with Crippen LogP contribution in [0.2, 0.25) is 0 Å². The summed E-state index contributed by atoms with van der Waals surface area (Å²) >= 11 is 0. The molecule has 6 N–H and O–H groups in total. The zero-order chi connectivity index (χ0) is 12.6. The summed E-state index contributed by atoms with van der Waals surface area (Å²) in [5.74, 6) is -0.305. The van der Waals surface area contributed by atoms with Crippen molar-refractivity contribution < 1.29 is 18.8 Å². The molecule has 0 aromatic rings. The van der Waals surface area contributed by atoms with Crippen LogP contribution in [0.1, 0.15) is 12.8 Å². The van der Waals surface area contributed by atoms with Crippen LogP contribution in [0.5, 0.6) is 0 Å². The average molecular weight is 253 g/mol. The number of rotatable bonds is 8. The van der Waals surface area contributed by atoms with Crippen LogP contribution < -0.4 is 16.8 Å². The predicted molar refractivity (Wildman–Crippen MR) is 61.0 cm³/mol. The summed E-state index contributed by atoms with van der Waals surface area (Å²) in [7, 11) is -3.47. The van der Waals surface area contributed by atoms with E-state index >= 15 is 0 Å². The second kappa shape index (κ2) is 7.76. The lowest BCUT2D eigenvalue weighted by Crippen LogP contribution is -2.41. The Morgan fingerprint density at radius 3 is 2.75 bits per heavy atom. The molecule has 0 aliphatic heterocycles. The molecule has 0 aliphatic rings. The number of hydrogen-bond donors (Lipinski definition) is 4. The first-order chi connectivity index (χ1) is 7.37. The third-order valence-corrected chi connectivity index (χ3v) is 2.45. The zero-order valence-corrected chi connectivity index (χ0v) is 10.3. The third kappa shape index (κ3) is 8.82. The standard InChI is InChI=1S/C8H20N3O4P/c1-16(13,14)15-6-5-11-8(12)7(10)3-2-4-9/h7H,2-6,9-10H2,1H3,(H,11,12)(H,13,14). The van der Waals surface area contributed by atoms with Gasteiger partial charge in [-0.3, -0.25) is 9.36 Å². The van der Waals surface area contributed by atoms with Crippen molar-refractivity contribution in [1.29, 1.82) is 0 Å². The van der Waals surface area contributed by atoms with Gasteiger partial charge in [-0.15, -0.1) is 0 Å². The SMILES string of the molecule is CP(=O)(O)OCCNC(=O)C(N)CCCN. The van der Waals surface area contributed by atoms with E-state index in [1.807, 2.05) is 0 Å². The van der Waals surface area contributed by atoms with Gasteiger partial charge in [-0.2, -0.15) is 0 Å². The lowest BCUT2D eigenvalue weighted by molar-refractivity contribution is -0.122. The molecule has 8 heteroatoms.